The lowest BCUT2D eigenvalue weighted by atomic mass is 9.96. The Morgan fingerprint density at radius 3 is 2.06 bits per heavy atom. The molecule has 2 aromatic carbocycles. The zero-order valence-electron chi connectivity index (χ0n) is 20.5. The van der Waals surface area contributed by atoms with Crippen LogP contribution in [-0.4, -0.2) is 54.6 Å². The van der Waals surface area contributed by atoms with Crippen LogP contribution in [0.3, 0.4) is 0 Å². The molecule has 10 heteroatoms. The first-order valence-electron chi connectivity index (χ1n) is 11.5. The number of amides is 1. The largest absolute Gasteiger partial charge is 0.407 e. The number of thioether (sulfide) groups is 1. The molecule has 5 nitrogen and oxygen atoms in total. The Kier molecular flexibility index (Phi) is 8.84. The Morgan fingerprint density at radius 2 is 1.61 bits per heavy atom. The van der Waals surface area contributed by atoms with Gasteiger partial charge in [-0.05, 0) is 55.9 Å². The van der Waals surface area contributed by atoms with Crippen molar-refractivity contribution in [2.75, 3.05) is 12.9 Å². The Labute approximate surface area is 212 Å². The van der Waals surface area contributed by atoms with Gasteiger partial charge in [0, 0.05) is 11.3 Å². The predicted octanol–water partition coefficient (Wildman–Crippen LogP) is 5.25. The maximum Gasteiger partial charge on any atom is 0.407 e. The van der Waals surface area contributed by atoms with E-state index in [9.17, 15) is 27.2 Å². The molecule has 0 bridgehead atoms. The molecule has 2 N–H and O–H groups in total. The van der Waals surface area contributed by atoms with Crippen LogP contribution in [0.1, 0.15) is 38.8 Å². The van der Waals surface area contributed by atoms with Gasteiger partial charge in [-0.1, -0.05) is 36.4 Å². The highest BCUT2D eigenvalue weighted by atomic mass is 32.2. The number of benzene rings is 2. The fourth-order valence-electron chi connectivity index (χ4n) is 4.06. The Morgan fingerprint density at radius 1 is 1.06 bits per heavy atom. The first kappa shape index (κ1) is 28.1. The van der Waals surface area contributed by atoms with E-state index in [1.165, 1.54) is 26.0 Å². The molecule has 0 radical (unpaired) electrons. The molecule has 0 saturated carbocycles. The van der Waals surface area contributed by atoms with Crippen molar-refractivity contribution in [2.24, 2.45) is 0 Å². The van der Waals surface area contributed by atoms with E-state index in [1.54, 1.807) is 30.8 Å². The lowest BCUT2D eigenvalue weighted by molar-refractivity contribution is -0.161. The smallest absolute Gasteiger partial charge is 0.368 e. The summed E-state index contributed by atoms with van der Waals surface area (Å²) in [7, 11) is 0. The van der Waals surface area contributed by atoms with Crippen LogP contribution in [0.15, 0.2) is 53.4 Å². The van der Waals surface area contributed by atoms with Gasteiger partial charge in [0.15, 0.2) is 5.78 Å². The highest BCUT2D eigenvalue weighted by Gasteiger charge is 2.44. The van der Waals surface area contributed by atoms with E-state index in [0.29, 0.717) is 0 Å². The molecule has 2 aromatic rings. The van der Waals surface area contributed by atoms with Gasteiger partial charge in [0.1, 0.15) is 24.4 Å². The topological polar surface area (TPSA) is 67.4 Å². The third-order valence-electron chi connectivity index (χ3n) is 5.97. The number of nitrogens with one attached hydrogen (secondary N) is 2. The number of Topliss-reactive ketones (excluding diaryl/α,β-unsaturated/α-hetero) is 1. The van der Waals surface area contributed by atoms with E-state index in [0.717, 1.165) is 16.0 Å². The summed E-state index contributed by atoms with van der Waals surface area (Å²) in [6.45, 7) is 3.74. The lowest BCUT2D eigenvalue weighted by Gasteiger charge is -2.30. The Hall–Kier alpha value is -2.43. The summed E-state index contributed by atoms with van der Waals surface area (Å²) < 4.78 is 62.1. The Bertz CT molecular complexity index is 1050. The normalized spacial score (nSPS) is 20.3. The average Bonchev–Trinajstić information content (AvgIpc) is 3.12. The zero-order valence-corrected chi connectivity index (χ0v) is 21.3. The number of halogens is 4. The molecule has 0 aromatic heterocycles. The quantitative estimate of drug-likeness (QED) is 0.345. The van der Waals surface area contributed by atoms with Crippen LogP contribution < -0.4 is 10.6 Å². The molecule has 1 saturated heterocycles. The third-order valence-corrected chi connectivity index (χ3v) is 6.71. The molecule has 36 heavy (non-hydrogen) atoms. The lowest BCUT2D eigenvalue weighted by Crippen LogP contribution is -2.55. The van der Waals surface area contributed by atoms with Crippen molar-refractivity contribution in [3.05, 3.63) is 54.1 Å². The Balaban J connectivity index is 1.85. The van der Waals surface area contributed by atoms with Crippen molar-refractivity contribution < 1.29 is 31.9 Å². The summed E-state index contributed by atoms with van der Waals surface area (Å²) in [5.74, 6) is -1.28. The van der Waals surface area contributed by atoms with Crippen LogP contribution in [0.5, 0.6) is 0 Å². The summed E-state index contributed by atoms with van der Waals surface area (Å²) in [5.41, 5.74) is -0.472. The molecule has 4 atom stereocenters. The van der Waals surface area contributed by atoms with Crippen molar-refractivity contribution in [1.82, 2.24) is 10.6 Å². The van der Waals surface area contributed by atoms with Gasteiger partial charge in [0.25, 0.3) is 0 Å². The molecule has 1 aliphatic rings. The minimum Gasteiger partial charge on any atom is -0.368 e. The molecule has 1 aliphatic heterocycles. The second-order valence-corrected chi connectivity index (χ2v) is 10.3. The standard InChI is InChI=1S/C26H30F4N2O3S/c1-15-22(21(33)14-35-15)32-24(34)20(13-25(2,3)27)31-23(26(28,29)30)18-7-5-16(6-8-18)17-9-11-19(36-4)12-10-17/h5-12,15,20,22-23,31H,13-14H2,1-4H3,(H,32,34)/t15-,20+,22+,23+/m1/s1. The van der Waals surface area contributed by atoms with E-state index in [1.807, 2.05) is 30.5 Å². The summed E-state index contributed by atoms with van der Waals surface area (Å²) in [4.78, 5) is 26.0. The third kappa shape index (κ3) is 7.30. The molecule has 1 amide bonds. The number of hydrogen-bond acceptors (Lipinski definition) is 5. The second kappa shape index (κ2) is 11.3. The van der Waals surface area contributed by atoms with Crippen molar-refractivity contribution in [1.29, 1.82) is 0 Å². The van der Waals surface area contributed by atoms with Crippen LogP contribution in [0, 0.1) is 0 Å². The van der Waals surface area contributed by atoms with Gasteiger partial charge in [-0.3, -0.25) is 14.9 Å². The molecule has 1 fully saturated rings. The molecule has 3 rings (SSSR count). The van der Waals surface area contributed by atoms with Gasteiger partial charge >= 0.3 is 6.18 Å². The minimum atomic E-state index is -4.76. The highest BCUT2D eigenvalue weighted by molar-refractivity contribution is 7.98. The monoisotopic (exact) mass is 526 g/mol. The zero-order chi connectivity index (χ0) is 26.7. The number of ketones is 1. The SMILES string of the molecule is CSc1ccc(-c2ccc([C@H](N[C@@H](CC(C)(C)F)C(=O)N[C@@H]3C(=O)CO[C@@H]3C)C(F)(F)F)cc2)cc1. The highest BCUT2D eigenvalue weighted by Crippen LogP contribution is 2.35. The minimum absolute atomic E-state index is 0.116. The summed E-state index contributed by atoms with van der Waals surface area (Å²) in [5, 5.41) is 4.75. The van der Waals surface area contributed by atoms with Crippen LogP contribution >= 0.6 is 11.8 Å². The number of ether oxygens (including phenoxy) is 1. The number of alkyl halides is 4. The van der Waals surface area contributed by atoms with Gasteiger partial charge in [-0.2, -0.15) is 13.2 Å². The second-order valence-electron chi connectivity index (χ2n) is 9.44. The molecule has 196 valence electrons. The van der Waals surface area contributed by atoms with E-state index in [2.05, 4.69) is 10.6 Å². The van der Waals surface area contributed by atoms with E-state index < -0.39 is 48.4 Å². The summed E-state index contributed by atoms with van der Waals surface area (Å²) in [6, 6.07) is 8.70. The van der Waals surface area contributed by atoms with E-state index in [4.69, 9.17) is 4.74 Å². The fourth-order valence-corrected chi connectivity index (χ4v) is 4.47. The van der Waals surface area contributed by atoms with Gasteiger partial charge < -0.3 is 10.1 Å². The fraction of sp³-hybridized carbons (Fsp3) is 0.462. The van der Waals surface area contributed by atoms with Crippen LogP contribution in [0.4, 0.5) is 17.6 Å². The maximum atomic E-state index is 14.5. The number of hydrogen-bond donors (Lipinski definition) is 2. The van der Waals surface area contributed by atoms with Crippen molar-refractivity contribution in [2.45, 2.75) is 68.2 Å². The van der Waals surface area contributed by atoms with E-state index in [-0.39, 0.29) is 18.0 Å². The molecular weight excluding hydrogens is 496 g/mol. The molecule has 0 aliphatic carbocycles. The van der Waals surface area contributed by atoms with Gasteiger partial charge in [-0.25, -0.2) is 4.39 Å². The molecule has 0 unspecified atom stereocenters. The number of carbonyl (C=O) groups is 2. The van der Waals surface area contributed by atoms with Crippen molar-refractivity contribution >= 4 is 23.5 Å². The number of carbonyl (C=O) groups excluding carboxylic acids is 2. The molecular formula is C26H30F4N2O3S. The van der Waals surface area contributed by atoms with Gasteiger partial charge in [-0.15, -0.1) is 11.8 Å². The van der Waals surface area contributed by atoms with Crippen molar-refractivity contribution in [3.63, 3.8) is 0 Å². The van der Waals surface area contributed by atoms with Crippen LogP contribution in [-0.2, 0) is 14.3 Å². The van der Waals surface area contributed by atoms with Gasteiger partial charge in [0.05, 0.1) is 12.1 Å². The van der Waals surface area contributed by atoms with Crippen molar-refractivity contribution in [3.8, 4) is 11.1 Å². The van der Waals surface area contributed by atoms with Crippen LogP contribution in [0.25, 0.3) is 11.1 Å². The summed E-state index contributed by atoms with van der Waals surface area (Å²) in [6.07, 6.45) is -3.97. The van der Waals surface area contributed by atoms with Gasteiger partial charge in [0.2, 0.25) is 5.91 Å². The molecule has 0 spiro atoms. The first-order valence-corrected chi connectivity index (χ1v) is 12.7. The van der Waals surface area contributed by atoms with Crippen LogP contribution in [0.2, 0.25) is 0 Å². The first-order chi connectivity index (χ1) is 16.8. The predicted molar refractivity (Wildman–Crippen MR) is 132 cm³/mol. The maximum absolute atomic E-state index is 14.5. The average molecular weight is 527 g/mol. The summed E-state index contributed by atoms with van der Waals surface area (Å²) >= 11 is 1.59. The molecule has 1 heterocycles. The van der Waals surface area contributed by atoms with E-state index >= 15 is 0 Å². The number of rotatable bonds is 9.